The van der Waals surface area contributed by atoms with Crippen LogP contribution in [0.3, 0.4) is 0 Å². The lowest BCUT2D eigenvalue weighted by Crippen LogP contribution is -2.29. The zero-order valence-electron chi connectivity index (χ0n) is 7.02. The molecular formula is C7H9N5O. The van der Waals surface area contributed by atoms with Crippen LogP contribution >= 0.6 is 0 Å². The van der Waals surface area contributed by atoms with Crippen LogP contribution in [0.4, 0.5) is 5.82 Å². The summed E-state index contributed by atoms with van der Waals surface area (Å²) in [6, 6.07) is 0. The number of hydrogen-bond acceptors (Lipinski definition) is 6. The van der Waals surface area contributed by atoms with Crippen molar-refractivity contribution in [3.63, 3.8) is 0 Å². The third-order valence-electron chi connectivity index (χ3n) is 1.67. The number of hydrogen-bond donors (Lipinski definition) is 3. The first-order valence-electron chi connectivity index (χ1n) is 3.79. The van der Waals surface area contributed by atoms with Crippen molar-refractivity contribution in [3.05, 3.63) is 17.6 Å². The average Bonchev–Trinajstić information content (AvgIpc) is 2.06. The van der Waals surface area contributed by atoms with Crippen LogP contribution in [0.25, 0.3) is 0 Å². The van der Waals surface area contributed by atoms with Crippen LogP contribution in [-0.4, -0.2) is 21.0 Å². The summed E-state index contributed by atoms with van der Waals surface area (Å²) in [6.07, 6.45) is 0.584. The fourth-order valence-corrected chi connectivity index (χ4v) is 1.12. The fourth-order valence-electron chi connectivity index (χ4n) is 1.12. The molecule has 6 nitrogen and oxygen atoms in total. The molecule has 0 unspecified atom stereocenters. The highest BCUT2D eigenvalue weighted by atomic mass is 16.3. The third kappa shape index (κ3) is 1.31. The molecule has 2 heterocycles. The van der Waals surface area contributed by atoms with Crippen molar-refractivity contribution in [2.45, 2.75) is 13.2 Å². The van der Waals surface area contributed by atoms with E-state index >= 15 is 0 Å². The molecule has 13 heavy (non-hydrogen) atoms. The van der Waals surface area contributed by atoms with E-state index in [1.807, 2.05) is 0 Å². The molecule has 0 aliphatic carbocycles. The predicted molar refractivity (Wildman–Crippen MR) is 47.0 cm³/mol. The van der Waals surface area contributed by atoms with E-state index < -0.39 is 6.23 Å². The minimum absolute atomic E-state index is 0.151. The van der Waals surface area contributed by atoms with Gasteiger partial charge in [0.2, 0.25) is 0 Å². The lowest BCUT2D eigenvalue weighted by molar-refractivity contribution is 0.182. The van der Waals surface area contributed by atoms with Crippen molar-refractivity contribution in [2.75, 3.05) is 5.32 Å². The molecule has 6 heteroatoms. The molecule has 0 amide bonds. The summed E-state index contributed by atoms with van der Waals surface area (Å²) in [5.41, 5.74) is 6.53. The molecule has 4 N–H and O–H groups in total. The smallest absolute Gasteiger partial charge is 0.197 e. The Morgan fingerprint density at radius 3 is 3.15 bits per heavy atom. The number of nitrogens with one attached hydrogen (secondary N) is 1. The Labute approximate surface area is 74.5 Å². The Morgan fingerprint density at radius 1 is 1.62 bits per heavy atom. The van der Waals surface area contributed by atoms with Crippen molar-refractivity contribution in [3.8, 4) is 0 Å². The normalized spacial score (nSPS) is 20.2. The molecule has 0 bridgehead atoms. The Balaban J connectivity index is 2.50. The molecule has 1 aliphatic rings. The van der Waals surface area contributed by atoms with Gasteiger partial charge in [-0.1, -0.05) is 0 Å². The van der Waals surface area contributed by atoms with Crippen molar-refractivity contribution < 1.29 is 5.11 Å². The van der Waals surface area contributed by atoms with E-state index in [9.17, 15) is 5.11 Å². The lowest BCUT2D eigenvalue weighted by Gasteiger charge is -2.17. The van der Waals surface area contributed by atoms with Gasteiger partial charge in [-0.25, -0.2) is 15.0 Å². The van der Waals surface area contributed by atoms with Gasteiger partial charge in [0.05, 0.1) is 11.9 Å². The molecule has 0 spiro atoms. The molecule has 0 saturated heterocycles. The molecule has 0 aromatic carbocycles. The Bertz CT molecular complexity index is 375. The van der Waals surface area contributed by atoms with E-state index in [2.05, 4.69) is 20.3 Å². The quantitative estimate of drug-likeness (QED) is 0.499. The van der Waals surface area contributed by atoms with Crippen molar-refractivity contribution in [1.29, 1.82) is 0 Å². The maximum absolute atomic E-state index is 9.45. The molecule has 0 saturated carbocycles. The molecule has 0 fully saturated rings. The van der Waals surface area contributed by atoms with Crippen LogP contribution in [0, 0.1) is 6.92 Å². The molecule has 1 aromatic heterocycles. The summed E-state index contributed by atoms with van der Waals surface area (Å²) in [5.74, 6) is 0.615. The number of aliphatic imine (C=N–C) groups is 1. The lowest BCUT2D eigenvalue weighted by atomic mass is 10.3. The maximum Gasteiger partial charge on any atom is 0.197 e. The number of anilines is 1. The molecular weight excluding hydrogens is 170 g/mol. The minimum atomic E-state index is -1.01. The summed E-state index contributed by atoms with van der Waals surface area (Å²) in [7, 11) is 0. The number of nitrogens with two attached hydrogens (primary N) is 1. The van der Waals surface area contributed by atoms with Gasteiger partial charge in [0.15, 0.2) is 18.0 Å². The van der Waals surface area contributed by atoms with E-state index in [1.54, 1.807) is 13.1 Å². The molecule has 68 valence electrons. The second-order valence-electron chi connectivity index (χ2n) is 2.76. The number of fused-ring (bicyclic) bond motifs is 1. The zero-order chi connectivity index (χ0) is 9.42. The van der Waals surface area contributed by atoms with E-state index in [1.165, 1.54) is 0 Å². The van der Waals surface area contributed by atoms with E-state index in [0.29, 0.717) is 11.5 Å². The molecule has 1 aromatic rings. The van der Waals surface area contributed by atoms with Crippen LogP contribution in [-0.2, 0) is 0 Å². The number of guanidine groups is 1. The largest absolute Gasteiger partial charge is 0.370 e. The summed E-state index contributed by atoms with van der Waals surface area (Å²) in [5, 5.41) is 12.2. The number of aromatic nitrogens is 2. The monoisotopic (exact) mass is 179 g/mol. The Morgan fingerprint density at radius 2 is 2.38 bits per heavy atom. The van der Waals surface area contributed by atoms with Crippen molar-refractivity contribution >= 4 is 11.8 Å². The van der Waals surface area contributed by atoms with Gasteiger partial charge in [-0.2, -0.15) is 0 Å². The number of rotatable bonds is 0. The Hall–Kier alpha value is -1.69. The Kier molecular flexibility index (Phi) is 1.63. The second-order valence-corrected chi connectivity index (χ2v) is 2.76. The van der Waals surface area contributed by atoms with Gasteiger partial charge in [0, 0.05) is 0 Å². The van der Waals surface area contributed by atoms with Gasteiger partial charge >= 0.3 is 0 Å². The van der Waals surface area contributed by atoms with Gasteiger partial charge in [0.25, 0.3) is 0 Å². The van der Waals surface area contributed by atoms with Gasteiger partial charge in [0.1, 0.15) is 5.69 Å². The number of aliphatic hydroxyl groups is 1. The highest BCUT2D eigenvalue weighted by molar-refractivity contribution is 5.93. The first-order valence-corrected chi connectivity index (χ1v) is 3.79. The number of aliphatic hydroxyl groups excluding tert-OH is 1. The topological polar surface area (TPSA) is 96.4 Å². The van der Waals surface area contributed by atoms with Gasteiger partial charge in [-0.3, -0.25) is 0 Å². The van der Waals surface area contributed by atoms with E-state index in [4.69, 9.17) is 5.73 Å². The first-order chi connectivity index (χ1) is 6.16. The summed E-state index contributed by atoms with van der Waals surface area (Å²) < 4.78 is 0. The van der Waals surface area contributed by atoms with Crippen molar-refractivity contribution in [1.82, 2.24) is 9.97 Å². The SMILES string of the molecule is Cc1cnc2c(n1)[C@@H](O)N=C(N)N2. The molecule has 0 radical (unpaired) electrons. The second kappa shape index (κ2) is 2.67. The predicted octanol–water partition coefficient (Wildman–Crippen LogP) is -0.484. The molecule has 1 aliphatic heterocycles. The first kappa shape index (κ1) is 7.93. The number of aryl methyl sites for hydroxylation is 1. The van der Waals surface area contributed by atoms with Gasteiger partial charge in [-0.05, 0) is 6.92 Å². The fraction of sp³-hybridized carbons (Fsp3) is 0.286. The van der Waals surface area contributed by atoms with Crippen LogP contribution in [0.2, 0.25) is 0 Å². The van der Waals surface area contributed by atoms with E-state index in [-0.39, 0.29) is 5.96 Å². The summed E-state index contributed by atoms with van der Waals surface area (Å²) >= 11 is 0. The molecule has 1 atom stereocenters. The summed E-state index contributed by atoms with van der Waals surface area (Å²) in [6.45, 7) is 1.79. The number of nitrogens with zero attached hydrogens (tertiary/aromatic N) is 3. The highest BCUT2D eigenvalue weighted by Crippen LogP contribution is 2.22. The third-order valence-corrected chi connectivity index (χ3v) is 1.67. The van der Waals surface area contributed by atoms with E-state index in [0.717, 1.165) is 5.69 Å². The van der Waals surface area contributed by atoms with Crippen molar-refractivity contribution in [2.24, 2.45) is 10.7 Å². The highest BCUT2D eigenvalue weighted by Gasteiger charge is 2.20. The summed E-state index contributed by atoms with van der Waals surface area (Å²) in [4.78, 5) is 11.8. The molecule has 2 rings (SSSR count). The maximum atomic E-state index is 9.45. The van der Waals surface area contributed by atoms with Gasteiger partial charge < -0.3 is 16.2 Å². The zero-order valence-corrected chi connectivity index (χ0v) is 7.02. The van der Waals surface area contributed by atoms with Gasteiger partial charge in [-0.15, -0.1) is 0 Å². The minimum Gasteiger partial charge on any atom is -0.370 e. The van der Waals surface area contributed by atoms with Crippen LogP contribution in [0.15, 0.2) is 11.2 Å². The standard InChI is InChI=1S/C7H9N5O/c1-3-2-9-5-4(10-3)6(13)12-7(8)11-5/h2,6,13H,1H3,(H3,8,9,11,12)/t6-/m1/s1. The van der Waals surface area contributed by atoms with Crippen LogP contribution in [0.1, 0.15) is 17.6 Å². The van der Waals surface area contributed by atoms with Crippen LogP contribution < -0.4 is 11.1 Å². The van der Waals surface area contributed by atoms with Crippen LogP contribution in [0.5, 0.6) is 0 Å². The average molecular weight is 179 g/mol.